The molecule has 1 aromatic rings. The molecule has 9 heteroatoms. The summed E-state index contributed by atoms with van der Waals surface area (Å²) in [6, 6.07) is 3.38. The zero-order chi connectivity index (χ0) is 17.2. The number of carbonyl (C=O) groups excluding carboxylic acids is 1. The first-order chi connectivity index (χ1) is 11.4. The Morgan fingerprint density at radius 3 is 2.62 bits per heavy atom. The lowest BCUT2D eigenvalue weighted by Crippen LogP contribution is -2.49. The largest absolute Gasteiger partial charge is 0.454 e. The molecule has 6 nitrogen and oxygen atoms in total. The summed E-state index contributed by atoms with van der Waals surface area (Å²) in [5.74, 6) is 0.978. The number of nitrogens with one attached hydrogen (secondary N) is 1. The molecule has 0 atom stereocenters. The van der Waals surface area contributed by atoms with E-state index < -0.39 is 24.8 Å². The average Bonchev–Trinajstić information content (AvgIpc) is 3.00. The number of urea groups is 1. The molecule has 1 N–H and O–H groups in total. The molecule has 2 aliphatic heterocycles. The van der Waals surface area contributed by atoms with Gasteiger partial charge >= 0.3 is 12.2 Å². The lowest BCUT2D eigenvalue weighted by Gasteiger charge is -2.34. The molecule has 2 amide bonds. The van der Waals surface area contributed by atoms with Crippen LogP contribution >= 0.6 is 0 Å². The molecular formula is C15H17F3N2O4. The van der Waals surface area contributed by atoms with Gasteiger partial charge in [0.15, 0.2) is 11.5 Å². The summed E-state index contributed by atoms with van der Waals surface area (Å²) in [6.45, 7) is -0.532. The summed E-state index contributed by atoms with van der Waals surface area (Å²) in [6.07, 6.45) is -3.71. The molecule has 0 unspecified atom stereocenters. The van der Waals surface area contributed by atoms with Crippen LogP contribution in [-0.4, -0.2) is 49.7 Å². The molecule has 1 aromatic carbocycles. The maximum atomic E-state index is 12.9. The van der Waals surface area contributed by atoms with Crippen molar-refractivity contribution in [2.75, 3.05) is 31.9 Å². The van der Waals surface area contributed by atoms with Gasteiger partial charge in [-0.3, -0.25) is 0 Å². The molecule has 24 heavy (non-hydrogen) atoms. The van der Waals surface area contributed by atoms with Crippen molar-refractivity contribution < 1.29 is 32.2 Å². The van der Waals surface area contributed by atoms with Crippen molar-refractivity contribution in [1.82, 2.24) is 4.90 Å². The minimum atomic E-state index is -4.47. The van der Waals surface area contributed by atoms with Crippen LogP contribution in [0.5, 0.6) is 11.5 Å². The summed E-state index contributed by atoms with van der Waals surface area (Å²) >= 11 is 0. The van der Waals surface area contributed by atoms with Crippen molar-refractivity contribution in [2.24, 2.45) is 0 Å². The van der Waals surface area contributed by atoms with Gasteiger partial charge in [-0.15, -0.1) is 0 Å². The van der Waals surface area contributed by atoms with E-state index in [2.05, 4.69) is 5.32 Å². The van der Waals surface area contributed by atoms with Crippen molar-refractivity contribution in [3.63, 3.8) is 0 Å². The van der Waals surface area contributed by atoms with Gasteiger partial charge in [-0.05, 0) is 25.0 Å². The fourth-order valence-corrected chi connectivity index (χ4v) is 2.73. The molecule has 1 fully saturated rings. The Balaban J connectivity index is 1.72. The van der Waals surface area contributed by atoms with Crippen molar-refractivity contribution in [3.8, 4) is 11.5 Å². The van der Waals surface area contributed by atoms with Crippen LogP contribution in [0.15, 0.2) is 18.2 Å². The predicted octanol–water partition coefficient (Wildman–Crippen LogP) is 2.99. The molecule has 0 bridgehead atoms. The molecule has 0 spiro atoms. The third kappa shape index (κ3) is 4.02. The molecule has 3 rings (SSSR count). The Kier molecular flexibility index (Phi) is 4.70. The lowest BCUT2D eigenvalue weighted by atomic mass is 10.1. The van der Waals surface area contributed by atoms with Gasteiger partial charge in [0.05, 0.1) is 0 Å². The van der Waals surface area contributed by atoms with Crippen molar-refractivity contribution >= 4 is 11.7 Å². The van der Waals surface area contributed by atoms with Crippen LogP contribution in [0.25, 0.3) is 0 Å². The first kappa shape index (κ1) is 16.7. The summed E-state index contributed by atoms with van der Waals surface area (Å²) in [7, 11) is 0. The lowest BCUT2D eigenvalue weighted by molar-refractivity contribution is -0.146. The van der Waals surface area contributed by atoms with Gasteiger partial charge < -0.3 is 24.4 Å². The van der Waals surface area contributed by atoms with E-state index in [9.17, 15) is 18.0 Å². The minimum Gasteiger partial charge on any atom is -0.454 e. The van der Waals surface area contributed by atoms with Gasteiger partial charge in [0.1, 0.15) is 6.54 Å². The Morgan fingerprint density at radius 2 is 1.92 bits per heavy atom. The van der Waals surface area contributed by atoms with Crippen molar-refractivity contribution in [2.45, 2.75) is 25.1 Å². The quantitative estimate of drug-likeness (QED) is 0.914. The number of amides is 2. The second-order valence-corrected chi connectivity index (χ2v) is 5.58. The fraction of sp³-hybridized carbons (Fsp3) is 0.533. The Bertz CT molecular complexity index is 603. The number of anilines is 1. The van der Waals surface area contributed by atoms with E-state index in [1.807, 2.05) is 0 Å². The third-order valence-electron chi connectivity index (χ3n) is 3.87. The zero-order valence-corrected chi connectivity index (χ0v) is 12.8. The Hall–Kier alpha value is -2.16. The average molecular weight is 346 g/mol. The standard InChI is InChI=1S/C15H17F3N2O4/c16-15(17,18)8-20(11-3-5-22-6-4-11)14(21)19-10-1-2-12-13(7-10)24-9-23-12/h1-2,7,11H,3-6,8-9H2,(H,19,21). The summed E-state index contributed by atoms with van der Waals surface area (Å²) in [5.41, 5.74) is 0.350. The second-order valence-electron chi connectivity index (χ2n) is 5.58. The number of ether oxygens (including phenoxy) is 3. The smallest absolute Gasteiger partial charge is 0.406 e. The van der Waals surface area contributed by atoms with E-state index in [0.717, 1.165) is 4.90 Å². The molecule has 2 aliphatic rings. The highest BCUT2D eigenvalue weighted by Crippen LogP contribution is 2.34. The van der Waals surface area contributed by atoms with Crippen LogP contribution in [0.1, 0.15) is 12.8 Å². The Morgan fingerprint density at radius 1 is 1.21 bits per heavy atom. The molecular weight excluding hydrogens is 329 g/mol. The number of rotatable bonds is 3. The zero-order valence-electron chi connectivity index (χ0n) is 12.8. The van der Waals surface area contributed by atoms with Gasteiger partial charge in [-0.1, -0.05) is 0 Å². The van der Waals surface area contributed by atoms with Crippen LogP contribution in [0, 0.1) is 0 Å². The SMILES string of the molecule is O=C(Nc1ccc2c(c1)OCO2)N(CC(F)(F)F)C1CCOCC1. The third-order valence-corrected chi connectivity index (χ3v) is 3.87. The maximum Gasteiger partial charge on any atom is 0.406 e. The van der Waals surface area contributed by atoms with Crippen molar-refractivity contribution in [3.05, 3.63) is 18.2 Å². The van der Waals surface area contributed by atoms with Gasteiger partial charge in [-0.25, -0.2) is 4.79 Å². The second kappa shape index (κ2) is 6.76. The number of alkyl halides is 3. The number of carbonyl (C=O) groups is 1. The fourth-order valence-electron chi connectivity index (χ4n) is 2.73. The summed E-state index contributed by atoms with van der Waals surface area (Å²) < 4.78 is 54.1. The predicted molar refractivity (Wildman–Crippen MR) is 78.2 cm³/mol. The first-order valence-corrected chi connectivity index (χ1v) is 7.54. The van der Waals surface area contributed by atoms with E-state index in [-0.39, 0.29) is 6.79 Å². The molecule has 1 saturated heterocycles. The van der Waals surface area contributed by atoms with Crippen molar-refractivity contribution in [1.29, 1.82) is 0 Å². The van der Waals surface area contributed by atoms with Gasteiger partial charge in [0.2, 0.25) is 6.79 Å². The molecule has 0 radical (unpaired) electrons. The van der Waals surface area contributed by atoms with Gasteiger partial charge in [-0.2, -0.15) is 13.2 Å². The number of benzene rings is 1. The van der Waals surface area contributed by atoms with E-state index in [4.69, 9.17) is 14.2 Å². The molecule has 0 aromatic heterocycles. The number of nitrogens with zero attached hydrogens (tertiary/aromatic N) is 1. The molecule has 0 aliphatic carbocycles. The molecule has 0 saturated carbocycles. The summed E-state index contributed by atoms with van der Waals surface area (Å²) in [5, 5.41) is 2.50. The van der Waals surface area contributed by atoms with E-state index in [1.165, 1.54) is 6.07 Å². The molecule has 132 valence electrons. The number of fused-ring (bicyclic) bond motifs is 1. The van der Waals surface area contributed by atoms with Crippen LogP contribution in [0.3, 0.4) is 0 Å². The molecule has 2 heterocycles. The van der Waals surface area contributed by atoms with Crippen LogP contribution in [0.4, 0.5) is 23.7 Å². The van der Waals surface area contributed by atoms with Gasteiger partial charge in [0.25, 0.3) is 0 Å². The maximum absolute atomic E-state index is 12.9. The minimum absolute atomic E-state index is 0.0784. The normalized spacial score (nSPS) is 17.6. The topological polar surface area (TPSA) is 60.0 Å². The van der Waals surface area contributed by atoms with Crippen LogP contribution < -0.4 is 14.8 Å². The number of hydrogen-bond donors (Lipinski definition) is 1. The van der Waals surface area contributed by atoms with Crippen LogP contribution in [0.2, 0.25) is 0 Å². The monoisotopic (exact) mass is 346 g/mol. The van der Waals surface area contributed by atoms with Gasteiger partial charge in [0, 0.05) is 31.0 Å². The van der Waals surface area contributed by atoms with E-state index >= 15 is 0 Å². The number of halogens is 3. The van der Waals surface area contributed by atoms with E-state index in [0.29, 0.717) is 43.2 Å². The number of hydrogen-bond acceptors (Lipinski definition) is 4. The van der Waals surface area contributed by atoms with E-state index in [1.54, 1.807) is 12.1 Å². The highest BCUT2D eigenvalue weighted by atomic mass is 19.4. The van der Waals surface area contributed by atoms with Crippen LogP contribution in [-0.2, 0) is 4.74 Å². The summed E-state index contributed by atoms with van der Waals surface area (Å²) in [4.78, 5) is 13.2. The first-order valence-electron chi connectivity index (χ1n) is 7.54. The highest BCUT2D eigenvalue weighted by molar-refractivity contribution is 5.90. The Labute approximate surface area is 136 Å². The highest BCUT2D eigenvalue weighted by Gasteiger charge is 2.37.